The number of methoxy groups -OCH3 is 1. The number of carbonyl (C=O) groups is 2. The highest BCUT2D eigenvalue weighted by Gasteiger charge is 2.16. The summed E-state index contributed by atoms with van der Waals surface area (Å²) in [6.07, 6.45) is 0.131. The van der Waals surface area contributed by atoms with Crippen LogP contribution in [0.1, 0.15) is 20.3 Å². The lowest BCUT2D eigenvalue weighted by atomic mass is 10.1. The molecular weight excluding hydrogens is 232 g/mol. The SMILES string of the molecule is COCC(NC(=O)NC(=O)CCCl)C(C)C. The molecule has 3 amide bonds. The lowest BCUT2D eigenvalue weighted by Crippen LogP contribution is -2.48. The van der Waals surface area contributed by atoms with Crippen LogP contribution in [-0.4, -0.2) is 37.6 Å². The predicted molar refractivity (Wildman–Crippen MR) is 62.5 cm³/mol. The maximum atomic E-state index is 11.4. The van der Waals surface area contributed by atoms with Gasteiger partial charge in [0, 0.05) is 19.4 Å². The number of carbonyl (C=O) groups excluding carboxylic acids is 2. The van der Waals surface area contributed by atoms with Gasteiger partial charge in [0.05, 0.1) is 12.6 Å². The molecule has 0 heterocycles. The van der Waals surface area contributed by atoms with E-state index in [1.165, 1.54) is 0 Å². The van der Waals surface area contributed by atoms with Gasteiger partial charge in [0.2, 0.25) is 5.91 Å². The van der Waals surface area contributed by atoms with Crippen molar-refractivity contribution >= 4 is 23.5 Å². The second-order valence-electron chi connectivity index (χ2n) is 3.77. The summed E-state index contributed by atoms with van der Waals surface area (Å²) >= 11 is 5.37. The van der Waals surface area contributed by atoms with Crippen LogP contribution in [0.2, 0.25) is 0 Å². The third-order valence-corrected chi connectivity index (χ3v) is 2.23. The molecule has 0 fully saturated rings. The van der Waals surface area contributed by atoms with Crippen molar-refractivity contribution in [2.24, 2.45) is 5.92 Å². The number of amides is 3. The van der Waals surface area contributed by atoms with Crippen LogP contribution in [0, 0.1) is 5.92 Å². The highest BCUT2D eigenvalue weighted by Crippen LogP contribution is 2.01. The van der Waals surface area contributed by atoms with Crippen LogP contribution >= 0.6 is 11.6 Å². The number of urea groups is 1. The molecule has 16 heavy (non-hydrogen) atoms. The number of hydrogen-bond donors (Lipinski definition) is 2. The zero-order chi connectivity index (χ0) is 12.6. The fraction of sp³-hybridized carbons (Fsp3) is 0.800. The van der Waals surface area contributed by atoms with Gasteiger partial charge in [-0.1, -0.05) is 13.8 Å². The Hall–Kier alpha value is -0.810. The van der Waals surface area contributed by atoms with Gasteiger partial charge < -0.3 is 10.1 Å². The van der Waals surface area contributed by atoms with Crippen LogP contribution in [0.15, 0.2) is 0 Å². The number of alkyl halides is 1. The third-order valence-electron chi connectivity index (χ3n) is 2.04. The standard InChI is InChI=1S/C10H19ClN2O3/c1-7(2)8(6-16-3)12-10(15)13-9(14)4-5-11/h7-8H,4-6H2,1-3H3,(H2,12,13,14,15). The Labute approximate surface area is 101 Å². The summed E-state index contributed by atoms with van der Waals surface area (Å²) in [5.74, 6) is 0.0476. The summed E-state index contributed by atoms with van der Waals surface area (Å²) in [4.78, 5) is 22.5. The van der Waals surface area contributed by atoms with Gasteiger partial charge in [-0.15, -0.1) is 11.6 Å². The van der Waals surface area contributed by atoms with E-state index < -0.39 is 6.03 Å². The molecule has 0 aliphatic carbocycles. The Kier molecular flexibility index (Phi) is 7.93. The smallest absolute Gasteiger partial charge is 0.321 e. The van der Waals surface area contributed by atoms with Gasteiger partial charge in [0.1, 0.15) is 0 Å². The molecule has 0 saturated carbocycles. The van der Waals surface area contributed by atoms with E-state index in [1.54, 1.807) is 7.11 Å². The van der Waals surface area contributed by atoms with E-state index in [-0.39, 0.29) is 30.2 Å². The second kappa shape index (κ2) is 8.35. The molecule has 94 valence electrons. The Morgan fingerprint density at radius 3 is 2.44 bits per heavy atom. The summed E-state index contributed by atoms with van der Waals surface area (Å²) in [7, 11) is 1.56. The van der Waals surface area contributed by atoms with Gasteiger partial charge in [-0.25, -0.2) is 4.79 Å². The van der Waals surface area contributed by atoms with Gasteiger partial charge in [-0.05, 0) is 5.92 Å². The zero-order valence-corrected chi connectivity index (χ0v) is 10.6. The first-order chi connectivity index (χ1) is 7.51. The van der Waals surface area contributed by atoms with Crippen molar-refractivity contribution in [1.29, 1.82) is 0 Å². The molecule has 2 N–H and O–H groups in total. The first-order valence-corrected chi connectivity index (χ1v) is 5.70. The van der Waals surface area contributed by atoms with Crippen molar-refractivity contribution in [3.05, 3.63) is 0 Å². The minimum Gasteiger partial charge on any atom is -0.383 e. The fourth-order valence-corrected chi connectivity index (χ4v) is 1.23. The molecule has 0 rings (SSSR count). The number of halogens is 1. The van der Waals surface area contributed by atoms with Crippen LogP contribution < -0.4 is 10.6 Å². The van der Waals surface area contributed by atoms with Gasteiger partial charge in [0.25, 0.3) is 0 Å². The first kappa shape index (κ1) is 15.2. The second-order valence-corrected chi connectivity index (χ2v) is 4.14. The Morgan fingerprint density at radius 2 is 2.00 bits per heavy atom. The summed E-state index contributed by atoms with van der Waals surface area (Å²) < 4.78 is 4.97. The average Bonchev–Trinajstić information content (AvgIpc) is 2.16. The van der Waals surface area contributed by atoms with Gasteiger partial charge >= 0.3 is 6.03 Å². The summed E-state index contributed by atoms with van der Waals surface area (Å²) in [6.45, 7) is 4.34. The maximum absolute atomic E-state index is 11.4. The third kappa shape index (κ3) is 6.63. The van der Waals surface area contributed by atoms with Crippen molar-refractivity contribution in [2.75, 3.05) is 19.6 Å². The summed E-state index contributed by atoms with van der Waals surface area (Å²) in [6, 6.07) is -0.625. The minimum atomic E-state index is -0.508. The molecule has 0 aromatic rings. The van der Waals surface area contributed by atoms with Gasteiger partial charge in [-0.3, -0.25) is 10.1 Å². The van der Waals surface area contributed by atoms with Crippen molar-refractivity contribution in [3.8, 4) is 0 Å². The highest BCUT2D eigenvalue weighted by molar-refractivity contribution is 6.19. The Morgan fingerprint density at radius 1 is 1.38 bits per heavy atom. The van der Waals surface area contributed by atoms with Crippen molar-refractivity contribution in [3.63, 3.8) is 0 Å². The summed E-state index contributed by atoms with van der Waals surface area (Å²) in [5, 5.41) is 4.86. The Bertz CT molecular complexity index is 234. The molecule has 0 aliphatic heterocycles. The first-order valence-electron chi connectivity index (χ1n) is 5.16. The van der Waals surface area contributed by atoms with E-state index >= 15 is 0 Å². The van der Waals surface area contributed by atoms with Crippen LogP contribution in [0.5, 0.6) is 0 Å². The monoisotopic (exact) mass is 250 g/mol. The van der Waals surface area contributed by atoms with Gasteiger partial charge in [-0.2, -0.15) is 0 Å². The number of hydrogen-bond acceptors (Lipinski definition) is 3. The Balaban J connectivity index is 4.04. The summed E-state index contributed by atoms with van der Waals surface area (Å²) in [5.41, 5.74) is 0. The molecule has 0 spiro atoms. The van der Waals surface area contributed by atoms with Crippen LogP contribution in [0.3, 0.4) is 0 Å². The molecule has 5 nitrogen and oxygen atoms in total. The van der Waals surface area contributed by atoms with Crippen LogP contribution in [0.4, 0.5) is 4.79 Å². The van der Waals surface area contributed by atoms with E-state index in [1.807, 2.05) is 13.8 Å². The molecule has 0 saturated heterocycles. The maximum Gasteiger partial charge on any atom is 0.321 e. The van der Waals surface area contributed by atoms with Gasteiger partial charge in [0.15, 0.2) is 0 Å². The molecule has 0 aromatic heterocycles. The molecule has 0 aromatic carbocycles. The molecule has 0 radical (unpaired) electrons. The van der Waals surface area contributed by atoms with Crippen molar-refractivity contribution in [2.45, 2.75) is 26.3 Å². The van der Waals surface area contributed by atoms with E-state index in [9.17, 15) is 9.59 Å². The molecular formula is C10H19ClN2O3. The topological polar surface area (TPSA) is 67.4 Å². The lowest BCUT2D eigenvalue weighted by molar-refractivity contribution is -0.119. The largest absolute Gasteiger partial charge is 0.383 e. The molecule has 1 atom stereocenters. The number of nitrogens with one attached hydrogen (secondary N) is 2. The van der Waals surface area contributed by atoms with Crippen LogP contribution in [0.25, 0.3) is 0 Å². The molecule has 1 unspecified atom stereocenters. The molecule has 0 aliphatic rings. The normalized spacial score (nSPS) is 12.3. The lowest BCUT2D eigenvalue weighted by Gasteiger charge is -2.21. The zero-order valence-electron chi connectivity index (χ0n) is 9.88. The fourth-order valence-electron chi connectivity index (χ4n) is 1.06. The minimum absolute atomic E-state index is 0.117. The predicted octanol–water partition coefficient (Wildman–Crippen LogP) is 1.11. The molecule has 6 heteroatoms. The highest BCUT2D eigenvalue weighted by atomic mass is 35.5. The number of ether oxygens (including phenoxy) is 1. The number of rotatable bonds is 6. The number of imide groups is 1. The van der Waals surface area contributed by atoms with E-state index in [4.69, 9.17) is 16.3 Å². The van der Waals surface area contributed by atoms with Crippen LogP contribution in [-0.2, 0) is 9.53 Å². The van der Waals surface area contributed by atoms with E-state index in [0.29, 0.717) is 6.61 Å². The quantitative estimate of drug-likeness (QED) is 0.694. The molecule has 0 bridgehead atoms. The van der Waals surface area contributed by atoms with Crippen molar-refractivity contribution < 1.29 is 14.3 Å². The average molecular weight is 251 g/mol. The van der Waals surface area contributed by atoms with E-state index in [2.05, 4.69) is 10.6 Å². The van der Waals surface area contributed by atoms with E-state index in [0.717, 1.165) is 0 Å². The van der Waals surface area contributed by atoms with Crippen molar-refractivity contribution in [1.82, 2.24) is 10.6 Å².